The minimum atomic E-state index is -3.64. The van der Waals surface area contributed by atoms with Crippen molar-refractivity contribution in [1.82, 2.24) is 4.31 Å². The van der Waals surface area contributed by atoms with Crippen molar-refractivity contribution in [1.29, 1.82) is 0 Å². The summed E-state index contributed by atoms with van der Waals surface area (Å²) in [6.07, 6.45) is -0.581. The number of nitrogens with zero attached hydrogens (tertiary/aromatic N) is 1. The van der Waals surface area contributed by atoms with Crippen LogP contribution >= 0.6 is 0 Å². The molecule has 23 heavy (non-hydrogen) atoms. The molecule has 1 atom stereocenters. The van der Waals surface area contributed by atoms with Crippen molar-refractivity contribution in [3.63, 3.8) is 0 Å². The number of aryl methyl sites for hydroxylation is 1. The van der Waals surface area contributed by atoms with Crippen molar-refractivity contribution in [2.24, 2.45) is 0 Å². The van der Waals surface area contributed by atoms with Crippen LogP contribution in [0.3, 0.4) is 0 Å². The lowest BCUT2D eigenvalue weighted by atomic mass is 10.2. The van der Waals surface area contributed by atoms with E-state index in [0.717, 1.165) is 5.56 Å². The van der Waals surface area contributed by atoms with Gasteiger partial charge < -0.3 is 9.47 Å². The topological polar surface area (TPSA) is 55.8 Å². The third-order valence-electron chi connectivity index (χ3n) is 3.90. The van der Waals surface area contributed by atoms with E-state index in [9.17, 15) is 8.42 Å². The van der Waals surface area contributed by atoms with Gasteiger partial charge in [-0.25, -0.2) is 8.42 Å². The molecule has 0 N–H and O–H groups in total. The molecule has 1 heterocycles. The third kappa shape index (κ3) is 2.97. The molecule has 3 rings (SSSR count). The van der Waals surface area contributed by atoms with Gasteiger partial charge in [0.2, 0.25) is 10.0 Å². The van der Waals surface area contributed by atoms with Crippen LogP contribution < -0.4 is 4.74 Å². The highest BCUT2D eigenvalue weighted by atomic mass is 32.2. The highest BCUT2D eigenvalue weighted by Crippen LogP contribution is 2.34. The van der Waals surface area contributed by atoms with Crippen LogP contribution in [0.4, 0.5) is 0 Å². The largest absolute Gasteiger partial charge is 0.497 e. The molecule has 0 spiro atoms. The molecule has 0 aliphatic carbocycles. The zero-order valence-corrected chi connectivity index (χ0v) is 13.9. The van der Waals surface area contributed by atoms with Crippen LogP contribution in [-0.4, -0.2) is 33.0 Å². The molecule has 2 aromatic rings. The molecule has 1 saturated heterocycles. The fraction of sp³-hybridized carbons (Fsp3) is 0.294. The van der Waals surface area contributed by atoms with Gasteiger partial charge in [-0.3, -0.25) is 0 Å². The van der Waals surface area contributed by atoms with Gasteiger partial charge in [-0.2, -0.15) is 4.31 Å². The van der Waals surface area contributed by atoms with Crippen LogP contribution in [-0.2, 0) is 14.8 Å². The predicted octanol–water partition coefficient (Wildman–Crippen LogP) is 2.72. The summed E-state index contributed by atoms with van der Waals surface area (Å²) in [6.45, 7) is 2.49. The summed E-state index contributed by atoms with van der Waals surface area (Å²) in [5.74, 6) is 0.638. The normalized spacial score (nSPS) is 19.0. The number of hydrogen-bond acceptors (Lipinski definition) is 4. The number of ether oxygens (including phenoxy) is 2. The van der Waals surface area contributed by atoms with Crippen molar-refractivity contribution in [3.05, 3.63) is 59.7 Å². The summed E-state index contributed by atoms with van der Waals surface area (Å²) >= 11 is 0. The maximum absolute atomic E-state index is 13.0. The summed E-state index contributed by atoms with van der Waals surface area (Å²) in [6, 6.07) is 14.4. The zero-order valence-electron chi connectivity index (χ0n) is 13.1. The van der Waals surface area contributed by atoms with Crippen LogP contribution in [0.2, 0.25) is 0 Å². The lowest BCUT2D eigenvalue weighted by Crippen LogP contribution is -2.31. The molecule has 0 amide bonds. The van der Waals surface area contributed by atoms with E-state index >= 15 is 0 Å². The van der Waals surface area contributed by atoms with Crippen LogP contribution in [0, 0.1) is 6.92 Å². The Morgan fingerprint density at radius 3 is 2.57 bits per heavy atom. The Morgan fingerprint density at radius 2 is 1.91 bits per heavy atom. The Labute approximate surface area is 136 Å². The first-order chi connectivity index (χ1) is 11.0. The Kier molecular flexibility index (Phi) is 4.39. The minimum absolute atomic E-state index is 0.282. The van der Waals surface area contributed by atoms with Gasteiger partial charge in [0.15, 0.2) is 0 Å². The van der Waals surface area contributed by atoms with E-state index in [1.807, 2.05) is 30.3 Å². The van der Waals surface area contributed by atoms with Gasteiger partial charge in [0, 0.05) is 6.54 Å². The van der Waals surface area contributed by atoms with Gasteiger partial charge in [-0.05, 0) is 36.2 Å². The quantitative estimate of drug-likeness (QED) is 0.863. The highest BCUT2D eigenvalue weighted by molar-refractivity contribution is 7.89. The molecule has 0 bridgehead atoms. The van der Waals surface area contributed by atoms with Gasteiger partial charge in [0.05, 0.1) is 18.6 Å². The van der Waals surface area contributed by atoms with Gasteiger partial charge in [0.1, 0.15) is 12.0 Å². The maximum atomic E-state index is 13.0. The molecular weight excluding hydrogens is 314 g/mol. The average molecular weight is 333 g/mol. The first kappa shape index (κ1) is 16.0. The molecule has 0 aromatic heterocycles. The van der Waals surface area contributed by atoms with Crippen LogP contribution in [0.25, 0.3) is 0 Å². The van der Waals surface area contributed by atoms with Gasteiger partial charge in [-0.1, -0.05) is 30.3 Å². The Morgan fingerprint density at radius 1 is 1.17 bits per heavy atom. The van der Waals surface area contributed by atoms with Crippen molar-refractivity contribution in [2.45, 2.75) is 18.0 Å². The SMILES string of the molecule is COc1ccc(S(=O)(=O)N2CCOC2c2ccccc2)c(C)c1. The fourth-order valence-electron chi connectivity index (χ4n) is 2.75. The van der Waals surface area contributed by atoms with Crippen molar-refractivity contribution >= 4 is 10.0 Å². The van der Waals surface area contributed by atoms with Crippen molar-refractivity contribution < 1.29 is 17.9 Å². The number of sulfonamides is 1. The van der Waals surface area contributed by atoms with Crippen LogP contribution in [0.15, 0.2) is 53.4 Å². The minimum Gasteiger partial charge on any atom is -0.497 e. The Hall–Kier alpha value is -1.89. The molecule has 1 aliphatic heterocycles. The predicted molar refractivity (Wildman–Crippen MR) is 86.8 cm³/mol. The highest BCUT2D eigenvalue weighted by Gasteiger charge is 2.37. The smallest absolute Gasteiger partial charge is 0.245 e. The number of methoxy groups -OCH3 is 1. The summed E-state index contributed by atoms with van der Waals surface area (Å²) < 4.78 is 38.3. The fourth-order valence-corrected chi connectivity index (χ4v) is 4.45. The van der Waals surface area contributed by atoms with Gasteiger partial charge in [-0.15, -0.1) is 0 Å². The zero-order chi connectivity index (χ0) is 16.4. The number of rotatable bonds is 4. The number of benzene rings is 2. The van der Waals surface area contributed by atoms with Crippen LogP contribution in [0.5, 0.6) is 5.75 Å². The molecule has 5 nitrogen and oxygen atoms in total. The van der Waals surface area contributed by atoms with Gasteiger partial charge >= 0.3 is 0 Å². The second-order valence-corrected chi connectivity index (χ2v) is 7.24. The molecule has 6 heteroatoms. The molecule has 1 unspecified atom stereocenters. The second kappa shape index (κ2) is 6.31. The van der Waals surface area contributed by atoms with E-state index < -0.39 is 16.3 Å². The summed E-state index contributed by atoms with van der Waals surface area (Å²) in [4.78, 5) is 0.282. The van der Waals surface area contributed by atoms with E-state index in [1.54, 1.807) is 32.2 Å². The monoisotopic (exact) mass is 333 g/mol. The Balaban J connectivity index is 1.99. The van der Waals surface area contributed by atoms with Crippen molar-refractivity contribution in [3.8, 4) is 5.75 Å². The molecule has 1 fully saturated rings. The lowest BCUT2D eigenvalue weighted by molar-refractivity contribution is 0.0683. The van der Waals surface area contributed by atoms with Crippen LogP contribution in [0.1, 0.15) is 17.4 Å². The average Bonchev–Trinajstić information content (AvgIpc) is 3.05. The second-order valence-electron chi connectivity index (χ2n) is 5.38. The molecule has 122 valence electrons. The molecule has 2 aromatic carbocycles. The van der Waals surface area contributed by atoms with E-state index in [4.69, 9.17) is 9.47 Å². The Bertz CT molecular complexity index is 789. The molecule has 0 radical (unpaired) electrons. The standard InChI is InChI=1S/C17H19NO4S/c1-13-12-15(21-2)8-9-16(13)23(19,20)18-10-11-22-17(18)14-6-4-3-5-7-14/h3-9,12,17H,10-11H2,1-2H3. The first-order valence-electron chi connectivity index (χ1n) is 7.37. The lowest BCUT2D eigenvalue weighted by Gasteiger charge is -2.23. The van der Waals surface area contributed by atoms with E-state index in [-0.39, 0.29) is 4.90 Å². The first-order valence-corrected chi connectivity index (χ1v) is 8.81. The van der Waals surface area contributed by atoms with E-state index in [0.29, 0.717) is 24.5 Å². The molecule has 0 saturated carbocycles. The summed E-state index contributed by atoms with van der Waals surface area (Å²) in [5, 5.41) is 0. The third-order valence-corrected chi connectivity index (χ3v) is 5.91. The number of hydrogen-bond donors (Lipinski definition) is 0. The molecule has 1 aliphatic rings. The molecular formula is C17H19NO4S. The van der Waals surface area contributed by atoms with E-state index in [2.05, 4.69) is 0 Å². The summed E-state index contributed by atoms with van der Waals surface area (Å²) in [5.41, 5.74) is 1.49. The van der Waals surface area contributed by atoms with Gasteiger partial charge in [0.25, 0.3) is 0 Å². The summed E-state index contributed by atoms with van der Waals surface area (Å²) in [7, 11) is -2.08. The van der Waals surface area contributed by atoms with E-state index in [1.165, 1.54) is 4.31 Å². The maximum Gasteiger partial charge on any atom is 0.245 e. The van der Waals surface area contributed by atoms with Crippen molar-refractivity contribution in [2.75, 3.05) is 20.3 Å².